The molecule has 0 heterocycles. The van der Waals surface area contributed by atoms with Crippen LogP contribution in [0.15, 0.2) is 12.1 Å². The first kappa shape index (κ1) is 10.3. The number of aryl methyl sites for hydroxylation is 1. The van der Waals surface area contributed by atoms with Crippen LogP contribution in [0.4, 0.5) is 4.39 Å². The number of halogens is 2. The first-order valence-electron chi connectivity index (χ1n) is 4.00. The van der Waals surface area contributed by atoms with E-state index in [-0.39, 0.29) is 11.6 Å². The minimum Gasteiger partial charge on any atom is -0.492 e. The maximum atomic E-state index is 13.5. The van der Waals surface area contributed by atoms with Gasteiger partial charge in [-0.2, -0.15) is 0 Å². The zero-order valence-electron chi connectivity index (χ0n) is 7.44. The molecule has 1 aromatic rings. The lowest BCUT2D eigenvalue weighted by Crippen LogP contribution is -1.95. The Morgan fingerprint density at radius 3 is 2.77 bits per heavy atom. The molecule has 0 unspecified atom stereocenters. The molecule has 1 rings (SSSR count). The van der Waals surface area contributed by atoms with Gasteiger partial charge in [-0.05, 0) is 24.5 Å². The topological polar surface area (TPSA) is 9.23 Å². The van der Waals surface area contributed by atoms with Crippen LogP contribution in [-0.2, 0) is 6.42 Å². The second-order valence-corrected chi connectivity index (χ2v) is 3.06. The fourth-order valence-corrected chi connectivity index (χ4v) is 1.37. The molecule has 0 saturated heterocycles. The number of rotatable bonds is 3. The van der Waals surface area contributed by atoms with Crippen LogP contribution in [0.1, 0.15) is 12.0 Å². The van der Waals surface area contributed by atoms with Gasteiger partial charge in [0.15, 0.2) is 11.6 Å². The molecule has 0 N–H and O–H groups in total. The zero-order valence-corrected chi connectivity index (χ0v) is 8.20. The first-order chi connectivity index (χ1) is 6.20. The maximum Gasteiger partial charge on any atom is 0.173 e. The van der Waals surface area contributed by atoms with Crippen molar-refractivity contribution in [3.63, 3.8) is 0 Å². The van der Waals surface area contributed by atoms with E-state index in [1.165, 1.54) is 7.11 Å². The molecule has 0 aliphatic rings. The van der Waals surface area contributed by atoms with E-state index in [1.807, 2.05) is 0 Å². The molecule has 3 heteroatoms. The lowest BCUT2D eigenvalue weighted by molar-refractivity contribution is 0.384. The predicted octanol–water partition coefficient (Wildman–Crippen LogP) is 3.25. The number of hydrogen-bond donors (Lipinski definition) is 0. The first-order valence-corrected chi connectivity index (χ1v) is 4.38. The molecule has 0 aliphatic carbocycles. The Kier molecular flexibility index (Phi) is 3.55. The predicted molar refractivity (Wildman–Crippen MR) is 51.6 cm³/mol. The molecule has 1 nitrogen and oxygen atoms in total. The summed E-state index contributed by atoms with van der Waals surface area (Å²) in [7, 11) is 1.40. The van der Waals surface area contributed by atoms with Gasteiger partial charge in [0.05, 0.1) is 12.1 Å². The third-order valence-electron chi connectivity index (χ3n) is 1.78. The fourth-order valence-electron chi connectivity index (χ4n) is 1.14. The minimum atomic E-state index is -0.376. The van der Waals surface area contributed by atoms with E-state index in [2.05, 4.69) is 6.92 Å². The van der Waals surface area contributed by atoms with Gasteiger partial charge < -0.3 is 4.74 Å². The molecular formula is C10H11ClFO. The number of methoxy groups -OCH3 is 1. The molecular weight excluding hydrogens is 191 g/mol. The van der Waals surface area contributed by atoms with Crippen molar-refractivity contribution in [2.24, 2.45) is 0 Å². The molecule has 1 aromatic carbocycles. The Bertz CT molecular complexity index is 299. The minimum absolute atomic E-state index is 0.118. The lowest BCUT2D eigenvalue weighted by atomic mass is 10.1. The van der Waals surface area contributed by atoms with Gasteiger partial charge in [-0.3, -0.25) is 0 Å². The molecule has 0 amide bonds. The van der Waals surface area contributed by atoms with Crippen molar-refractivity contribution in [3.05, 3.63) is 35.5 Å². The van der Waals surface area contributed by atoms with Crippen LogP contribution in [0, 0.1) is 12.7 Å². The molecule has 0 bridgehead atoms. The summed E-state index contributed by atoms with van der Waals surface area (Å²) < 4.78 is 18.3. The average Bonchev–Trinajstić information content (AvgIpc) is 2.11. The summed E-state index contributed by atoms with van der Waals surface area (Å²) in [6.07, 6.45) is 1.25. The summed E-state index contributed by atoms with van der Waals surface area (Å²) in [5.41, 5.74) is 0.594. The van der Waals surface area contributed by atoms with E-state index in [9.17, 15) is 4.39 Å². The van der Waals surface area contributed by atoms with Crippen molar-refractivity contribution in [2.45, 2.75) is 12.8 Å². The molecule has 0 aliphatic heterocycles. The van der Waals surface area contributed by atoms with Crippen LogP contribution >= 0.6 is 11.6 Å². The van der Waals surface area contributed by atoms with Crippen molar-refractivity contribution in [3.8, 4) is 5.75 Å². The van der Waals surface area contributed by atoms with Crippen molar-refractivity contribution in [2.75, 3.05) is 7.11 Å². The third kappa shape index (κ3) is 2.13. The Morgan fingerprint density at radius 1 is 1.54 bits per heavy atom. The summed E-state index contributed by atoms with van der Waals surface area (Å²) in [6, 6.07) is 3.29. The van der Waals surface area contributed by atoms with Gasteiger partial charge in [-0.15, -0.1) is 0 Å². The SMILES string of the molecule is [CH2]CCc1ccc(Cl)c(OC)c1F. The van der Waals surface area contributed by atoms with Crippen LogP contribution in [-0.4, -0.2) is 7.11 Å². The summed E-state index contributed by atoms with van der Waals surface area (Å²) in [4.78, 5) is 0. The van der Waals surface area contributed by atoms with Gasteiger partial charge in [0, 0.05) is 0 Å². The van der Waals surface area contributed by atoms with Crippen LogP contribution < -0.4 is 4.74 Å². The molecule has 71 valence electrons. The van der Waals surface area contributed by atoms with Crippen molar-refractivity contribution >= 4 is 11.6 Å². The number of benzene rings is 1. The monoisotopic (exact) mass is 201 g/mol. The summed E-state index contributed by atoms with van der Waals surface area (Å²) >= 11 is 5.72. The molecule has 13 heavy (non-hydrogen) atoms. The van der Waals surface area contributed by atoms with Crippen molar-refractivity contribution in [1.29, 1.82) is 0 Å². The number of ether oxygens (including phenoxy) is 1. The van der Waals surface area contributed by atoms with Crippen molar-refractivity contribution < 1.29 is 9.13 Å². The maximum absolute atomic E-state index is 13.5. The number of hydrogen-bond acceptors (Lipinski definition) is 1. The second kappa shape index (κ2) is 4.47. The van der Waals surface area contributed by atoms with Crippen LogP contribution in [0.3, 0.4) is 0 Å². The standard InChI is InChI=1S/C10H11ClFO/c1-3-4-7-5-6-8(11)10(13-2)9(7)12/h5-6H,1,3-4H2,2H3. The molecule has 0 aromatic heterocycles. The quantitative estimate of drug-likeness (QED) is 0.730. The van der Waals surface area contributed by atoms with Crippen LogP contribution in [0.5, 0.6) is 5.75 Å². The van der Waals surface area contributed by atoms with Gasteiger partial charge in [-0.1, -0.05) is 24.6 Å². The zero-order chi connectivity index (χ0) is 9.84. The highest BCUT2D eigenvalue weighted by Gasteiger charge is 2.11. The largest absolute Gasteiger partial charge is 0.492 e. The molecule has 0 saturated carbocycles. The van der Waals surface area contributed by atoms with Gasteiger partial charge in [0.2, 0.25) is 0 Å². The second-order valence-electron chi connectivity index (χ2n) is 2.66. The van der Waals surface area contributed by atoms with E-state index in [1.54, 1.807) is 12.1 Å². The smallest absolute Gasteiger partial charge is 0.173 e. The van der Waals surface area contributed by atoms with Gasteiger partial charge in [0.25, 0.3) is 0 Å². The highest BCUT2D eigenvalue weighted by Crippen LogP contribution is 2.29. The Balaban J connectivity index is 3.11. The van der Waals surface area contributed by atoms with Crippen molar-refractivity contribution in [1.82, 2.24) is 0 Å². The van der Waals surface area contributed by atoms with E-state index in [4.69, 9.17) is 16.3 Å². The molecule has 0 fully saturated rings. The highest BCUT2D eigenvalue weighted by atomic mass is 35.5. The third-order valence-corrected chi connectivity index (χ3v) is 2.08. The van der Waals surface area contributed by atoms with E-state index in [0.717, 1.165) is 0 Å². The summed E-state index contributed by atoms with van der Waals surface area (Å²) in [5, 5.41) is 0.299. The molecule has 1 radical (unpaired) electrons. The van der Waals surface area contributed by atoms with E-state index < -0.39 is 0 Å². The summed E-state index contributed by atoms with van der Waals surface area (Å²) in [5.74, 6) is -0.258. The molecule has 0 spiro atoms. The average molecular weight is 202 g/mol. The molecule has 0 atom stereocenters. The summed E-state index contributed by atoms with van der Waals surface area (Å²) in [6.45, 7) is 3.66. The highest BCUT2D eigenvalue weighted by molar-refractivity contribution is 6.32. The van der Waals surface area contributed by atoms with Gasteiger partial charge in [0.1, 0.15) is 0 Å². The van der Waals surface area contributed by atoms with Gasteiger partial charge in [-0.25, -0.2) is 4.39 Å². The normalized spacial score (nSPS) is 10.2. The van der Waals surface area contributed by atoms with Crippen LogP contribution in [0.2, 0.25) is 5.02 Å². The Morgan fingerprint density at radius 2 is 2.23 bits per heavy atom. The van der Waals surface area contributed by atoms with E-state index >= 15 is 0 Å². The Labute approximate surface area is 82.5 Å². The Hall–Kier alpha value is -0.760. The van der Waals surface area contributed by atoms with Crippen LogP contribution in [0.25, 0.3) is 0 Å². The van der Waals surface area contributed by atoms with E-state index in [0.29, 0.717) is 23.4 Å². The lowest BCUT2D eigenvalue weighted by Gasteiger charge is -2.07. The van der Waals surface area contributed by atoms with Gasteiger partial charge >= 0.3 is 0 Å². The fraction of sp³-hybridized carbons (Fsp3) is 0.300.